The average molecular weight is 297 g/mol. The van der Waals surface area contributed by atoms with Gasteiger partial charge in [0.1, 0.15) is 6.54 Å². The maximum atomic E-state index is 13.1. The summed E-state index contributed by atoms with van der Waals surface area (Å²) in [6.07, 6.45) is 2.39. The average Bonchev–Trinajstić information content (AvgIpc) is 3.22. The van der Waals surface area contributed by atoms with E-state index in [4.69, 9.17) is 5.11 Å². The number of amides is 1. The first kappa shape index (κ1) is 15.4. The number of carboxylic acids is 1. The van der Waals surface area contributed by atoms with Crippen molar-refractivity contribution in [2.45, 2.75) is 25.7 Å². The summed E-state index contributed by atoms with van der Waals surface area (Å²) in [5, 5.41) is 8.83. The van der Waals surface area contributed by atoms with Crippen LogP contribution in [-0.2, 0) is 16.0 Å². The molecule has 4 nitrogen and oxygen atoms in total. The number of nitrogens with zero attached hydrogens (tertiary/aromatic N) is 1. The Morgan fingerprint density at radius 1 is 1.24 bits per heavy atom. The zero-order chi connectivity index (χ0) is 15.4. The first-order valence-electron chi connectivity index (χ1n) is 6.89. The quantitative estimate of drug-likeness (QED) is 0.839. The van der Waals surface area contributed by atoms with Crippen molar-refractivity contribution in [3.05, 3.63) is 35.4 Å². The molecular weight excluding hydrogens is 280 g/mol. The number of aliphatic carboxylic acids is 1. The van der Waals surface area contributed by atoms with Gasteiger partial charge < -0.3 is 10.0 Å². The summed E-state index contributed by atoms with van der Waals surface area (Å²) in [6, 6.07) is 3.51. The van der Waals surface area contributed by atoms with Crippen molar-refractivity contribution >= 4 is 11.9 Å². The largest absolute Gasteiger partial charge is 0.480 e. The predicted octanol–water partition coefficient (Wildman–Crippen LogP) is 2.22. The van der Waals surface area contributed by atoms with Gasteiger partial charge in [0.25, 0.3) is 0 Å². The lowest BCUT2D eigenvalue weighted by Crippen LogP contribution is -2.37. The molecule has 114 valence electrons. The maximum Gasteiger partial charge on any atom is 0.323 e. The van der Waals surface area contributed by atoms with Crippen LogP contribution in [0.5, 0.6) is 0 Å². The van der Waals surface area contributed by atoms with Crippen LogP contribution in [0.15, 0.2) is 18.2 Å². The number of carboxylic acid groups (broad SMARTS) is 1. The number of halogens is 2. The highest BCUT2D eigenvalue weighted by molar-refractivity contribution is 5.81. The van der Waals surface area contributed by atoms with E-state index in [2.05, 4.69) is 0 Å². The minimum absolute atomic E-state index is 0.0884. The second-order valence-corrected chi connectivity index (χ2v) is 5.36. The van der Waals surface area contributed by atoms with Crippen molar-refractivity contribution < 1.29 is 23.5 Å². The summed E-state index contributed by atoms with van der Waals surface area (Å²) < 4.78 is 25.9. The van der Waals surface area contributed by atoms with Crippen molar-refractivity contribution in [2.24, 2.45) is 5.92 Å². The monoisotopic (exact) mass is 297 g/mol. The molecule has 0 spiro atoms. The highest BCUT2D eigenvalue weighted by Gasteiger charge is 2.27. The first-order valence-corrected chi connectivity index (χ1v) is 6.89. The Bertz CT molecular complexity index is 544. The van der Waals surface area contributed by atoms with Crippen LogP contribution in [0.4, 0.5) is 8.78 Å². The van der Waals surface area contributed by atoms with Gasteiger partial charge in [-0.2, -0.15) is 0 Å². The van der Waals surface area contributed by atoms with Crippen molar-refractivity contribution in [3.63, 3.8) is 0 Å². The second kappa shape index (κ2) is 6.65. The van der Waals surface area contributed by atoms with Crippen LogP contribution < -0.4 is 0 Å². The molecular formula is C15H17F2NO3. The van der Waals surface area contributed by atoms with Gasteiger partial charge in [0, 0.05) is 13.0 Å². The van der Waals surface area contributed by atoms with E-state index in [-0.39, 0.29) is 25.3 Å². The molecule has 0 heterocycles. The Kier molecular flexibility index (Phi) is 4.88. The lowest BCUT2D eigenvalue weighted by molar-refractivity contribution is -0.144. The SMILES string of the molecule is O=C(O)CN(CC1CC1)C(=O)CCc1ccc(F)c(F)c1. The van der Waals surface area contributed by atoms with Gasteiger partial charge in [-0.3, -0.25) is 9.59 Å². The standard InChI is InChI=1S/C15H17F2NO3/c16-12-5-3-10(7-13(12)17)4-6-14(19)18(9-15(20)21)8-11-1-2-11/h3,5,7,11H,1-2,4,6,8-9H2,(H,20,21). The molecule has 0 radical (unpaired) electrons. The third-order valence-electron chi connectivity index (χ3n) is 3.47. The Hall–Kier alpha value is -1.98. The molecule has 1 saturated carbocycles. The van der Waals surface area contributed by atoms with E-state index in [1.807, 2.05) is 0 Å². The van der Waals surface area contributed by atoms with Gasteiger partial charge in [0.15, 0.2) is 11.6 Å². The molecule has 0 unspecified atom stereocenters. The number of aryl methyl sites for hydroxylation is 1. The Morgan fingerprint density at radius 3 is 2.52 bits per heavy atom. The van der Waals surface area contributed by atoms with Crippen LogP contribution in [0.2, 0.25) is 0 Å². The molecule has 0 aromatic heterocycles. The van der Waals surface area contributed by atoms with Crippen LogP contribution >= 0.6 is 0 Å². The number of hydrogen-bond donors (Lipinski definition) is 1. The van der Waals surface area contributed by atoms with Gasteiger partial charge in [0.2, 0.25) is 5.91 Å². The van der Waals surface area contributed by atoms with Crippen LogP contribution in [0, 0.1) is 17.6 Å². The summed E-state index contributed by atoms with van der Waals surface area (Å²) in [7, 11) is 0. The summed E-state index contributed by atoms with van der Waals surface area (Å²) >= 11 is 0. The minimum Gasteiger partial charge on any atom is -0.480 e. The molecule has 1 fully saturated rings. The number of hydrogen-bond acceptors (Lipinski definition) is 2. The third kappa shape index (κ3) is 4.81. The molecule has 21 heavy (non-hydrogen) atoms. The third-order valence-corrected chi connectivity index (χ3v) is 3.47. The number of carbonyl (C=O) groups is 2. The maximum absolute atomic E-state index is 13.1. The second-order valence-electron chi connectivity index (χ2n) is 5.36. The van der Waals surface area contributed by atoms with E-state index >= 15 is 0 Å². The van der Waals surface area contributed by atoms with Gasteiger partial charge in [-0.25, -0.2) is 8.78 Å². The molecule has 0 aliphatic heterocycles. The van der Waals surface area contributed by atoms with Gasteiger partial charge >= 0.3 is 5.97 Å². The topological polar surface area (TPSA) is 57.6 Å². The number of rotatable bonds is 7. The van der Waals surface area contributed by atoms with Crippen LogP contribution in [0.3, 0.4) is 0 Å². The van der Waals surface area contributed by atoms with Crippen molar-refractivity contribution in [1.82, 2.24) is 4.90 Å². The number of carbonyl (C=O) groups excluding carboxylic acids is 1. The van der Waals surface area contributed by atoms with Gasteiger partial charge in [0.05, 0.1) is 0 Å². The summed E-state index contributed by atoms with van der Waals surface area (Å²) in [4.78, 5) is 24.2. The van der Waals surface area contributed by atoms with E-state index in [0.29, 0.717) is 18.0 Å². The van der Waals surface area contributed by atoms with Crippen molar-refractivity contribution in [3.8, 4) is 0 Å². The molecule has 1 aromatic rings. The van der Waals surface area contributed by atoms with Crippen molar-refractivity contribution in [1.29, 1.82) is 0 Å². The van der Waals surface area contributed by atoms with E-state index < -0.39 is 17.6 Å². The molecule has 0 bridgehead atoms. The Morgan fingerprint density at radius 2 is 1.95 bits per heavy atom. The van der Waals surface area contributed by atoms with E-state index in [1.165, 1.54) is 11.0 Å². The summed E-state index contributed by atoms with van der Waals surface area (Å²) in [5.41, 5.74) is 0.518. The normalized spacial score (nSPS) is 14.0. The smallest absolute Gasteiger partial charge is 0.323 e. The molecule has 6 heteroatoms. The van der Waals surface area contributed by atoms with Crippen LogP contribution in [0.1, 0.15) is 24.8 Å². The first-order chi connectivity index (χ1) is 9.95. The van der Waals surface area contributed by atoms with Crippen molar-refractivity contribution in [2.75, 3.05) is 13.1 Å². The lowest BCUT2D eigenvalue weighted by atomic mass is 10.1. The molecule has 1 aliphatic carbocycles. The predicted molar refractivity (Wildman–Crippen MR) is 71.6 cm³/mol. The molecule has 0 saturated heterocycles. The van der Waals surface area contributed by atoms with Crippen LogP contribution in [0.25, 0.3) is 0 Å². The van der Waals surface area contributed by atoms with E-state index in [1.54, 1.807) is 0 Å². The molecule has 1 amide bonds. The Balaban J connectivity index is 1.90. The fourth-order valence-corrected chi connectivity index (χ4v) is 2.13. The summed E-state index contributed by atoms with van der Waals surface area (Å²) in [5.74, 6) is -2.78. The molecule has 1 N–H and O–H groups in total. The number of benzene rings is 1. The Labute approximate surface area is 121 Å². The molecule has 2 rings (SSSR count). The van der Waals surface area contributed by atoms with Gasteiger partial charge in [-0.15, -0.1) is 0 Å². The lowest BCUT2D eigenvalue weighted by Gasteiger charge is -2.20. The molecule has 1 aliphatic rings. The minimum atomic E-state index is -1.04. The highest BCUT2D eigenvalue weighted by atomic mass is 19.2. The molecule has 0 atom stereocenters. The zero-order valence-corrected chi connectivity index (χ0v) is 11.5. The highest BCUT2D eigenvalue weighted by Crippen LogP contribution is 2.29. The van der Waals surface area contributed by atoms with E-state index in [9.17, 15) is 18.4 Å². The fourth-order valence-electron chi connectivity index (χ4n) is 2.13. The van der Waals surface area contributed by atoms with Crippen LogP contribution in [-0.4, -0.2) is 35.0 Å². The fraction of sp³-hybridized carbons (Fsp3) is 0.467. The van der Waals surface area contributed by atoms with Gasteiger partial charge in [-0.05, 0) is 42.9 Å². The van der Waals surface area contributed by atoms with E-state index in [0.717, 1.165) is 25.0 Å². The molecule has 1 aromatic carbocycles. The van der Waals surface area contributed by atoms with Gasteiger partial charge in [-0.1, -0.05) is 6.07 Å². The summed E-state index contributed by atoms with van der Waals surface area (Å²) in [6.45, 7) is 0.149. The zero-order valence-electron chi connectivity index (χ0n) is 11.5.